The zero-order valence-electron chi connectivity index (χ0n) is 69.9. The summed E-state index contributed by atoms with van der Waals surface area (Å²) < 4.78 is 0. The Bertz CT molecular complexity index is 3740. The summed E-state index contributed by atoms with van der Waals surface area (Å²) in [5.74, 6) is -24.3. The number of guanidine groups is 1. The third-order valence-electron chi connectivity index (χ3n) is 18.3. The molecule has 43 nitrogen and oxygen atoms in total. The molecule has 26 N–H and O–H groups in total. The Balaban J connectivity index is 3.61. The number of aliphatic imine (C=N–C) groups is 1. The van der Waals surface area contributed by atoms with Gasteiger partial charge in [0, 0.05) is 43.1 Å². The van der Waals surface area contributed by atoms with E-state index < -0.39 is 272 Å². The molecule has 122 heavy (non-hydrogen) atoms. The number of thiol groups is 3. The largest absolute Gasteiger partial charge is 0.481 e. The second-order valence-corrected chi connectivity index (χ2v) is 32.1. The van der Waals surface area contributed by atoms with E-state index in [-0.39, 0.29) is 81.0 Å². The minimum atomic E-state index is -1.98. The van der Waals surface area contributed by atoms with Crippen molar-refractivity contribution >= 4 is 168 Å². The van der Waals surface area contributed by atoms with Crippen LogP contribution in [-0.4, -0.2) is 284 Å². The van der Waals surface area contributed by atoms with Gasteiger partial charge in [-0.15, -0.1) is 0 Å². The van der Waals surface area contributed by atoms with Gasteiger partial charge in [-0.3, -0.25) is 91.3 Å². The quantitative estimate of drug-likeness (QED) is 0.0125. The lowest BCUT2D eigenvalue weighted by molar-refractivity contribution is -0.143. The van der Waals surface area contributed by atoms with Crippen molar-refractivity contribution in [3.8, 4) is 0 Å². The first-order valence-electron chi connectivity index (χ1n) is 39.4. The Hall–Kier alpha value is -10.3. The van der Waals surface area contributed by atoms with Crippen LogP contribution < -0.4 is 97.0 Å². The van der Waals surface area contributed by atoms with Gasteiger partial charge in [0.05, 0.1) is 19.6 Å². The van der Waals surface area contributed by atoms with Crippen LogP contribution in [0.4, 0.5) is 0 Å². The third-order valence-corrected chi connectivity index (χ3v) is 20.1. The molecule has 686 valence electrons. The number of nitrogens with zero attached hydrogens (tertiary/aromatic N) is 1. The van der Waals surface area contributed by atoms with Crippen molar-refractivity contribution in [1.29, 1.82) is 0 Å². The van der Waals surface area contributed by atoms with Crippen molar-refractivity contribution in [2.45, 2.75) is 236 Å². The molecule has 1 aromatic carbocycles. The van der Waals surface area contributed by atoms with Crippen LogP contribution in [0.15, 0.2) is 35.3 Å². The van der Waals surface area contributed by atoms with Crippen molar-refractivity contribution in [3.63, 3.8) is 0 Å². The number of rotatable bonds is 60. The van der Waals surface area contributed by atoms with E-state index in [4.69, 9.17) is 17.2 Å². The number of aliphatic carboxylic acids is 4. The first kappa shape index (κ1) is 110. The molecule has 0 spiro atoms. The molecule has 1 rings (SSSR count). The van der Waals surface area contributed by atoms with E-state index in [1.165, 1.54) is 18.7 Å². The highest BCUT2D eigenvalue weighted by molar-refractivity contribution is 7.98. The smallest absolute Gasteiger partial charge is 0.326 e. The van der Waals surface area contributed by atoms with Crippen LogP contribution in [0.3, 0.4) is 0 Å². The summed E-state index contributed by atoms with van der Waals surface area (Å²) in [5, 5.41) is 85.7. The highest BCUT2D eigenvalue weighted by atomic mass is 32.2. The molecule has 0 unspecified atom stereocenters. The van der Waals surface area contributed by atoms with Crippen molar-refractivity contribution in [2.24, 2.45) is 45.9 Å². The number of amides is 15. The highest BCUT2D eigenvalue weighted by Gasteiger charge is 2.39. The summed E-state index contributed by atoms with van der Waals surface area (Å²) in [6, 6.07) is -16.0. The van der Waals surface area contributed by atoms with Gasteiger partial charge >= 0.3 is 23.9 Å². The van der Waals surface area contributed by atoms with Crippen molar-refractivity contribution < 1.29 is 117 Å². The normalized spacial score (nSPS) is 15.1. The number of aliphatic hydroxyl groups is 1. The molecule has 16 atom stereocenters. The van der Waals surface area contributed by atoms with Crippen LogP contribution in [0.1, 0.15) is 145 Å². The van der Waals surface area contributed by atoms with Gasteiger partial charge in [-0.25, -0.2) is 4.79 Å². The van der Waals surface area contributed by atoms with Crippen LogP contribution in [0, 0.1) is 23.7 Å². The van der Waals surface area contributed by atoms with Crippen molar-refractivity contribution in [2.75, 3.05) is 49.0 Å². The zero-order chi connectivity index (χ0) is 92.8. The second-order valence-electron chi connectivity index (χ2n) is 30.0. The van der Waals surface area contributed by atoms with Gasteiger partial charge in [0.2, 0.25) is 88.6 Å². The Kier molecular flexibility index (Phi) is 52.1. The minimum absolute atomic E-state index is 0.0344. The van der Waals surface area contributed by atoms with Gasteiger partial charge in [-0.1, -0.05) is 92.1 Å². The predicted octanol–water partition coefficient (Wildman–Crippen LogP) is -5.46. The average Bonchev–Trinajstić information content (AvgIpc) is 0.857. The maximum atomic E-state index is 14.6. The zero-order valence-corrected chi connectivity index (χ0v) is 73.4. The van der Waals surface area contributed by atoms with Crippen molar-refractivity contribution in [1.82, 2.24) is 79.8 Å². The number of benzene rings is 1. The lowest BCUT2D eigenvalue weighted by Crippen LogP contribution is -2.62. The fourth-order valence-corrected chi connectivity index (χ4v) is 12.8. The summed E-state index contributed by atoms with van der Waals surface area (Å²) in [6.07, 6.45) is -2.50. The van der Waals surface area contributed by atoms with E-state index in [1.807, 2.05) is 0 Å². The molecule has 0 aromatic heterocycles. The molecule has 0 saturated heterocycles. The number of nitrogens with one attached hydrogen (secondary N) is 15. The second kappa shape index (κ2) is 57.9. The number of aliphatic hydroxyl groups excluding tert-OH is 1. The van der Waals surface area contributed by atoms with E-state index >= 15 is 0 Å². The summed E-state index contributed by atoms with van der Waals surface area (Å²) in [4.78, 5) is 260. The average molecular weight is 1800 g/mol. The monoisotopic (exact) mass is 1800 g/mol. The van der Waals surface area contributed by atoms with E-state index in [9.17, 15) is 117 Å². The predicted molar refractivity (Wildman–Crippen MR) is 457 cm³/mol. The molecule has 1 aromatic rings. The summed E-state index contributed by atoms with van der Waals surface area (Å²) in [7, 11) is 0. The molecular formula is C75H123N19O24S4. The standard InChI is InChI=1S/C75H123N19O24S4/c1-11-39(8)59(94-55(96)31-76)73(116)84-45(23-25-122-10)64(107)83-43(19-21-56(97)98)62(105)82-44(20-22-57(99)100)63(106)91-54(35-121)72(115)93-53(34-120)70(113)87-48(29-41-16-13-12-14-17-41)67(110)81-42(18-15-24-79-75(77)78)61(104)90-51(32-95)69(112)92-52(33-119)71(114)88-49(30-58(101)102)68(111)86-46(26-36(2)3)65(108)80-40(9)60(103)85-47(27-37(4)5)66(109)89-50(74(117)118)28-38(6)7/h12-14,16-17,36-40,42-54,59,95,119-121H,11,15,18-35,76H2,1-10H3,(H,80,108)(H,81,110)(H,82,105)(H,83,107)(H,84,116)(H,85,103)(H,86,111)(H,87,113)(H,88,114)(H,89,109)(H,90,104)(H,91,106)(H,92,112)(H,93,115)(H,94,96)(H,97,98)(H,99,100)(H,101,102)(H,117,118)(H4,77,78,79)/t39-,40-,42-,43-,44-,45-,46-,47-,48-,49-,50-,51-,52-,53-,54-,59-/m0/s1. The lowest BCUT2D eigenvalue weighted by atomic mass is 9.97. The van der Waals surface area contributed by atoms with Crippen LogP contribution in [-0.2, 0) is 97.5 Å². The maximum Gasteiger partial charge on any atom is 0.326 e. The minimum Gasteiger partial charge on any atom is -0.481 e. The highest BCUT2D eigenvalue weighted by Crippen LogP contribution is 2.16. The molecule has 0 heterocycles. The Morgan fingerprint density at radius 3 is 1.16 bits per heavy atom. The number of hydrogen-bond acceptors (Lipinski definition) is 26. The molecule has 47 heteroatoms. The van der Waals surface area contributed by atoms with Crippen LogP contribution in [0.2, 0.25) is 0 Å². The van der Waals surface area contributed by atoms with Gasteiger partial charge in [0.1, 0.15) is 90.6 Å². The molecule has 0 saturated carbocycles. The van der Waals surface area contributed by atoms with E-state index in [0.717, 1.165) is 0 Å². The number of nitrogens with two attached hydrogens (primary N) is 3. The topological polar surface area (TPSA) is 696 Å². The van der Waals surface area contributed by atoms with E-state index in [2.05, 4.69) is 123 Å². The first-order chi connectivity index (χ1) is 57.3. The fourth-order valence-electron chi connectivity index (χ4n) is 11.5. The van der Waals surface area contributed by atoms with Crippen LogP contribution >= 0.6 is 49.6 Å². The van der Waals surface area contributed by atoms with Gasteiger partial charge in [-0.05, 0) is 99.5 Å². The summed E-state index contributed by atoms with van der Waals surface area (Å²) in [5.41, 5.74) is 17.0. The van der Waals surface area contributed by atoms with Gasteiger partial charge in [-0.2, -0.15) is 49.6 Å². The van der Waals surface area contributed by atoms with Crippen molar-refractivity contribution in [3.05, 3.63) is 35.9 Å². The molecule has 0 fully saturated rings. The lowest BCUT2D eigenvalue weighted by Gasteiger charge is -2.28. The number of hydrogen-bond donors (Lipinski definition) is 26. The Morgan fingerprint density at radius 2 is 0.754 bits per heavy atom. The van der Waals surface area contributed by atoms with E-state index in [0.29, 0.717) is 12.0 Å². The van der Waals surface area contributed by atoms with Gasteiger partial charge in [0.25, 0.3) is 0 Å². The molecule has 15 amide bonds. The van der Waals surface area contributed by atoms with Gasteiger partial charge < -0.3 is 122 Å². The third kappa shape index (κ3) is 42.5. The summed E-state index contributed by atoms with van der Waals surface area (Å²) >= 11 is 13.9. The van der Waals surface area contributed by atoms with E-state index in [1.54, 1.807) is 92.0 Å². The SMILES string of the molecule is CC[C@H](C)[C@H](NC(=O)CN)C(=O)N[C@@H](CCSC)C(=O)N[C@@H](CCC(=O)O)C(=O)N[C@@H](CCC(=O)O)C(=O)N[C@@H](CS)C(=O)N[C@@H](CS)C(=O)N[C@@H](Cc1ccccc1)C(=O)N[C@@H](CCCN=C(N)N)C(=O)N[C@@H](CO)C(=O)N[C@@H](CS)C(=O)N[C@@H](CC(=O)O)C(=O)N[C@@H](CC(C)C)C(=O)N[C@@H](C)C(=O)N[C@@H](CC(C)C)C(=O)N[C@@H](CC(C)C)C(=O)O. The number of carbonyl (C=O) groups excluding carboxylic acids is 15. The number of carboxylic acids is 4. The Morgan fingerprint density at radius 1 is 0.410 bits per heavy atom. The fraction of sp³-hybridized carbons (Fsp3) is 0.653. The molecule has 0 bridgehead atoms. The first-order valence-corrected chi connectivity index (χ1v) is 42.7. The summed E-state index contributed by atoms with van der Waals surface area (Å²) in [6.45, 7) is 13.3. The molecule has 0 radical (unpaired) electrons. The molecule has 0 aliphatic carbocycles. The molecule has 0 aliphatic heterocycles. The Labute approximate surface area is 727 Å². The molecular weight excluding hydrogens is 1680 g/mol. The number of carbonyl (C=O) groups is 19. The molecule has 0 aliphatic rings. The van der Waals surface area contributed by atoms with Crippen LogP contribution in [0.25, 0.3) is 0 Å². The number of thioether (sulfide) groups is 1. The van der Waals surface area contributed by atoms with Crippen LogP contribution in [0.5, 0.6) is 0 Å². The maximum absolute atomic E-state index is 14.6. The van der Waals surface area contributed by atoms with Gasteiger partial charge in [0.15, 0.2) is 5.96 Å². The number of carboxylic acid groups (broad SMARTS) is 4.